The average Bonchev–Trinajstić information content (AvgIpc) is 2.59. The molecule has 1 amide bonds. The number of hydrogen-bond acceptors (Lipinski definition) is 3. The lowest BCUT2D eigenvalue weighted by Gasteiger charge is -2.15. The van der Waals surface area contributed by atoms with Crippen LogP contribution in [0.5, 0.6) is 0 Å². The smallest absolute Gasteiger partial charge is 0.243 e. The predicted octanol–water partition coefficient (Wildman–Crippen LogP) is 2.42. The molecule has 142 valence electrons. The number of rotatable bonds is 9. The van der Waals surface area contributed by atoms with Gasteiger partial charge in [-0.25, -0.2) is 4.99 Å². The maximum atomic E-state index is 11.6. The Hall–Kier alpha value is -1.35. The largest absolute Gasteiger partial charge is 0.374 e. The van der Waals surface area contributed by atoms with E-state index in [9.17, 15) is 4.79 Å². The summed E-state index contributed by atoms with van der Waals surface area (Å²) in [6.45, 7) is 6.35. The maximum absolute atomic E-state index is 11.6. The summed E-state index contributed by atoms with van der Waals surface area (Å²) in [5.41, 5.74) is 1.18. The Morgan fingerprint density at radius 1 is 1.24 bits per heavy atom. The molecule has 0 aliphatic rings. The Balaban J connectivity index is 0.00000576. The monoisotopic (exact) mass is 462 g/mol. The van der Waals surface area contributed by atoms with E-state index in [1.54, 1.807) is 14.1 Å². The number of nitrogens with zero attached hydrogens (tertiary/aromatic N) is 2. The van der Waals surface area contributed by atoms with Gasteiger partial charge < -0.3 is 20.3 Å². The fourth-order valence-corrected chi connectivity index (χ4v) is 1.99. The summed E-state index contributed by atoms with van der Waals surface area (Å²) in [5, 5.41) is 6.35. The number of hydrogen-bond donors (Lipinski definition) is 2. The van der Waals surface area contributed by atoms with E-state index in [4.69, 9.17) is 4.74 Å². The predicted molar refractivity (Wildman–Crippen MR) is 114 cm³/mol. The molecular weight excluding hydrogens is 431 g/mol. The van der Waals surface area contributed by atoms with Gasteiger partial charge in [-0.2, -0.15) is 0 Å². The van der Waals surface area contributed by atoms with E-state index in [0.717, 1.165) is 19.5 Å². The van der Waals surface area contributed by atoms with Crippen molar-refractivity contribution in [3.8, 4) is 0 Å². The standard InChI is InChI=1S/C18H30N4O2.HI/c1-5-19-18(21-14-17(23)22(3)4)20-12-9-13-24-15(2)16-10-7-6-8-11-16;/h6-8,10-11,15H,5,9,12-14H2,1-4H3,(H2,19,20,21);1H. The average molecular weight is 462 g/mol. The lowest BCUT2D eigenvalue weighted by atomic mass is 10.1. The summed E-state index contributed by atoms with van der Waals surface area (Å²) >= 11 is 0. The fourth-order valence-electron chi connectivity index (χ4n) is 1.99. The van der Waals surface area contributed by atoms with Crippen LogP contribution < -0.4 is 10.6 Å². The molecule has 25 heavy (non-hydrogen) atoms. The third kappa shape index (κ3) is 10.3. The van der Waals surface area contributed by atoms with Gasteiger partial charge in [-0.3, -0.25) is 4.79 Å². The highest BCUT2D eigenvalue weighted by Gasteiger charge is 2.05. The lowest BCUT2D eigenvalue weighted by Crippen LogP contribution is -2.39. The normalized spacial score (nSPS) is 12.1. The van der Waals surface area contributed by atoms with Crippen molar-refractivity contribution in [2.45, 2.75) is 26.4 Å². The van der Waals surface area contributed by atoms with E-state index in [0.29, 0.717) is 12.6 Å². The van der Waals surface area contributed by atoms with Crippen molar-refractivity contribution in [1.29, 1.82) is 0 Å². The van der Waals surface area contributed by atoms with Gasteiger partial charge in [0, 0.05) is 33.8 Å². The second-order valence-corrected chi connectivity index (χ2v) is 5.69. The van der Waals surface area contributed by atoms with E-state index >= 15 is 0 Å². The molecule has 0 aliphatic carbocycles. The molecule has 0 aliphatic heterocycles. The maximum Gasteiger partial charge on any atom is 0.243 e. The molecule has 6 nitrogen and oxygen atoms in total. The first-order chi connectivity index (χ1) is 11.5. The number of benzene rings is 1. The number of carbonyl (C=O) groups excluding carboxylic acids is 1. The number of guanidine groups is 1. The van der Waals surface area contributed by atoms with Crippen molar-refractivity contribution in [2.24, 2.45) is 4.99 Å². The lowest BCUT2D eigenvalue weighted by molar-refractivity contribution is -0.127. The highest BCUT2D eigenvalue weighted by atomic mass is 127. The molecule has 0 saturated heterocycles. The third-order valence-corrected chi connectivity index (χ3v) is 3.47. The van der Waals surface area contributed by atoms with Crippen LogP contribution in [0.2, 0.25) is 0 Å². The van der Waals surface area contributed by atoms with E-state index in [-0.39, 0.29) is 42.5 Å². The van der Waals surface area contributed by atoms with Crippen LogP contribution in [-0.4, -0.2) is 57.1 Å². The van der Waals surface area contributed by atoms with Crippen LogP contribution in [0.3, 0.4) is 0 Å². The van der Waals surface area contributed by atoms with E-state index in [1.807, 2.05) is 25.1 Å². The molecule has 0 saturated carbocycles. The molecule has 1 atom stereocenters. The second-order valence-electron chi connectivity index (χ2n) is 5.69. The van der Waals surface area contributed by atoms with Gasteiger partial charge >= 0.3 is 0 Å². The molecule has 2 N–H and O–H groups in total. The van der Waals surface area contributed by atoms with Crippen LogP contribution in [0.1, 0.15) is 31.9 Å². The summed E-state index contributed by atoms with van der Waals surface area (Å²) in [6.07, 6.45) is 0.953. The molecule has 1 aromatic rings. The van der Waals surface area contributed by atoms with Crippen molar-refractivity contribution in [3.63, 3.8) is 0 Å². The Morgan fingerprint density at radius 3 is 2.52 bits per heavy atom. The molecule has 0 heterocycles. The topological polar surface area (TPSA) is 66.0 Å². The number of ether oxygens (including phenoxy) is 1. The quantitative estimate of drug-likeness (QED) is 0.256. The fraction of sp³-hybridized carbons (Fsp3) is 0.556. The number of halogens is 1. The Kier molecular flexibility index (Phi) is 13.1. The van der Waals surface area contributed by atoms with Gasteiger partial charge in [-0.1, -0.05) is 30.3 Å². The molecular formula is C18H31IN4O2. The van der Waals surface area contributed by atoms with Crippen molar-refractivity contribution >= 4 is 35.8 Å². The van der Waals surface area contributed by atoms with Crippen molar-refractivity contribution in [1.82, 2.24) is 15.5 Å². The number of carbonyl (C=O) groups is 1. The Bertz CT molecular complexity index is 509. The molecule has 1 unspecified atom stereocenters. The number of aliphatic imine (C=N–C) groups is 1. The Labute approximate surface area is 168 Å². The van der Waals surface area contributed by atoms with Crippen LogP contribution >= 0.6 is 24.0 Å². The van der Waals surface area contributed by atoms with Crippen LogP contribution in [-0.2, 0) is 9.53 Å². The minimum atomic E-state index is -0.0211. The molecule has 0 fully saturated rings. The number of nitrogens with one attached hydrogen (secondary N) is 2. The van der Waals surface area contributed by atoms with Gasteiger partial charge in [0.1, 0.15) is 6.54 Å². The summed E-state index contributed by atoms with van der Waals surface area (Å²) in [5.74, 6) is 0.635. The number of amides is 1. The van der Waals surface area contributed by atoms with E-state index < -0.39 is 0 Å². The molecule has 7 heteroatoms. The van der Waals surface area contributed by atoms with E-state index in [1.165, 1.54) is 10.5 Å². The zero-order valence-electron chi connectivity index (χ0n) is 15.6. The second kappa shape index (κ2) is 13.9. The molecule has 0 spiro atoms. The SMILES string of the molecule is CCNC(=NCC(=O)N(C)C)NCCCOC(C)c1ccccc1.I. The van der Waals surface area contributed by atoms with Crippen LogP contribution in [0.25, 0.3) is 0 Å². The van der Waals surface area contributed by atoms with Gasteiger partial charge in [0.25, 0.3) is 0 Å². The van der Waals surface area contributed by atoms with Crippen molar-refractivity contribution in [3.05, 3.63) is 35.9 Å². The first-order valence-electron chi connectivity index (χ1n) is 8.43. The molecule has 0 radical (unpaired) electrons. The van der Waals surface area contributed by atoms with Crippen LogP contribution in [0.15, 0.2) is 35.3 Å². The zero-order valence-corrected chi connectivity index (χ0v) is 17.9. The van der Waals surface area contributed by atoms with Gasteiger partial charge in [0.05, 0.1) is 6.10 Å². The summed E-state index contributed by atoms with van der Waals surface area (Å²) in [6, 6.07) is 10.2. The molecule has 1 aromatic carbocycles. The molecule has 0 aromatic heterocycles. The van der Waals surface area contributed by atoms with Crippen LogP contribution in [0, 0.1) is 0 Å². The summed E-state index contributed by atoms with van der Waals surface area (Å²) in [7, 11) is 3.45. The minimum Gasteiger partial charge on any atom is -0.374 e. The highest BCUT2D eigenvalue weighted by molar-refractivity contribution is 14.0. The minimum absolute atomic E-state index is 0. The number of likely N-dealkylation sites (N-methyl/N-ethyl adjacent to an activating group) is 1. The third-order valence-electron chi connectivity index (χ3n) is 3.47. The molecule has 1 rings (SSSR count). The Morgan fingerprint density at radius 2 is 1.92 bits per heavy atom. The first-order valence-corrected chi connectivity index (χ1v) is 8.43. The van der Waals surface area contributed by atoms with Crippen molar-refractivity contribution in [2.75, 3.05) is 40.3 Å². The van der Waals surface area contributed by atoms with Crippen LogP contribution in [0.4, 0.5) is 0 Å². The summed E-state index contributed by atoms with van der Waals surface area (Å²) in [4.78, 5) is 17.4. The zero-order chi connectivity index (χ0) is 17.8. The van der Waals surface area contributed by atoms with E-state index in [2.05, 4.69) is 34.7 Å². The van der Waals surface area contributed by atoms with Gasteiger partial charge in [0.2, 0.25) is 5.91 Å². The highest BCUT2D eigenvalue weighted by Crippen LogP contribution is 2.15. The first kappa shape index (κ1) is 23.6. The molecule has 0 bridgehead atoms. The van der Waals surface area contributed by atoms with Gasteiger partial charge in [-0.05, 0) is 25.8 Å². The summed E-state index contributed by atoms with van der Waals surface area (Å²) < 4.78 is 5.84. The van der Waals surface area contributed by atoms with Gasteiger partial charge in [-0.15, -0.1) is 24.0 Å². The van der Waals surface area contributed by atoms with Gasteiger partial charge in [0.15, 0.2) is 5.96 Å². The van der Waals surface area contributed by atoms with Crippen molar-refractivity contribution < 1.29 is 9.53 Å².